The number of carbonyl (C=O) groups is 1. The van der Waals surface area contributed by atoms with E-state index in [1.165, 1.54) is 18.2 Å². The molecule has 166 valence electrons. The van der Waals surface area contributed by atoms with E-state index in [1.807, 2.05) is 31.2 Å². The summed E-state index contributed by atoms with van der Waals surface area (Å²) in [6.45, 7) is 6.53. The largest absolute Gasteiger partial charge is 0.450 e. The molecule has 1 atom stereocenters. The van der Waals surface area contributed by atoms with Gasteiger partial charge >= 0.3 is 0 Å². The summed E-state index contributed by atoms with van der Waals surface area (Å²) in [6.07, 6.45) is 0.768. The van der Waals surface area contributed by atoms with Crippen LogP contribution in [0.1, 0.15) is 39.7 Å². The van der Waals surface area contributed by atoms with Crippen LogP contribution in [0.4, 0.5) is 4.39 Å². The molecule has 0 N–H and O–H groups in total. The van der Waals surface area contributed by atoms with Crippen molar-refractivity contribution in [1.29, 1.82) is 0 Å². The molecule has 7 heteroatoms. The molecule has 0 spiro atoms. The quantitative estimate of drug-likeness (QED) is 0.613. The van der Waals surface area contributed by atoms with Gasteiger partial charge in [-0.1, -0.05) is 29.8 Å². The van der Waals surface area contributed by atoms with Crippen molar-refractivity contribution in [2.75, 3.05) is 39.4 Å². The molecule has 1 amide bonds. The van der Waals surface area contributed by atoms with Crippen LogP contribution in [0.3, 0.4) is 0 Å². The number of ether oxygens (including phenoxy) is 1. The third-order valence-electron chi connectivity index (χ3n) is 6.30. The molecule has 1 aromatic heterocycles. The highest BCUT2D eigenvalue weighted by molar-refractivity contribution is 5.99. The zero-order chi connectivity index (χ0) is 22.2. The van der Waals surface area contributed by atoms with Crippen LogP contribution < -0.4 is 5.43 Å². The molecule has 2 aliphatic heterocycles. The lowest BCUT2D eigenvalue weighted by Crippen LogP contribution is -2.38. The minimum atomic E-state index is -0.549. The minimum Gasteiger partial charge on any atom is -0.450 e. The van der Waals surface area contributed by atoms with E-state index < -0.39 is 11.9 Å². The monoisotopic (exact) mass is 436 g/mol. The summed E-state index contributed by atoms with van der Waals surface area (Å²) in [5.74, 6) is -0.745. The molecule has 2 aromatic carbocycles. The highest BCUT2D eigenvalue weighted by Crippen LogP contribution is 2.38. The van der Waals surface area contributed by atoms with Crippen LogP contribution in [0.2, 0.25) is 0 Å². The fourth-order valence-electron chi connectivity index (χ4n) is 4.61. The summed E-state index contributed by atoms with van der Waals surface area (Å²) in [4.78, 5) is 30.8. The molecule has 0 aliphatic carbocycles. The van der Waals surface area contributed by atoms with Gasteiger partial charge in [0.05, 0.1) is 30.2 Å². The molecule has 32 heavy (non-hydrogen) atoms. The number of fused-ring (bicyclic) bond motifs is 2. The molecular formula is C25H25FN2O4. The van der Waals surface area contributed by atoms with Crippen LogP contribution in [0.5, 0.6) is 0 Å². The molecule has 1 fully saturated rings. The molecule has 0 saturated carbocycles. The van der Waals surface area contributed by atoms with Crippen LogP contribution >= 0.6 is 0 Å². The van der Waals surface area contributed by atoms with Crippen molar-refractivity contribution in [3.8, 4) is 0 Å². The Hall–Kier alpha value is -3.03. The average molecular weight is 436 g/mol. The van der Waals surface area contributed by atoms with E-state index in [-0.39, 0.29) is 28.1 Å². The molecule has 6 nitrogen and oxygen atoms in total. The van der Waals surface area contributed by atoms with Crippen molar-refractivity contribution in [3.05, 3.63) is 81.0 Å². The smallest absolute Gasteiger partial charge is 0.290 e. The molecule has 0 radical (unpaired) electrons. The Morgan fingerprint density at radius 2 is 1.78 bits per heavy atom. The van der Waals surface area contributed by atoms with Crippen LogP contribution in [0, 0.1) is 12.7 Å². The van der Waals surface area contributed by atoms with Crippen molar-refractivity contribution in [2.24, 2.45) is 0 Å². The van der Waals surface area contributed by atoms with Gasteiger partial charge in [0.15, 0.2) is 5.43 Å². The molecular weight excluding hydrogens is 411 g/mol. The van der Waals surface area contributed by atoms with Gasteiger partial charge in [-0.25, -0.2) is 4.39 Å². The molecule has 3 aromatic rings. The van der Waals surface area contributed by atoms with Crippen LogP contribution in [0.25, 0.3) is 11.0 Å². The molecule has 3 heterocycles. The Morgan fingerprint density at radius 3 is 2.53 bits per heavy atom. The molecule has 5 rings (SSSR count). The first-order chi connectivity index (χ1) is 15.5. The fourth-order valence-corrected chi connectivity index (χ4v) is 4.61. The average Bonchev–Trinajstić information content (AvgIpc) is 3.08. The third kappa shape index (κ3) is 3.72. The summed E-state index contributed by atoms with van der Waals surface area (Å²) in [7, 11) is 0. The summed E-state index contributed by atoms with van der Waals surface area (Å²) in [5, 5.41) is 0.156. The van der Waals surface area contributed by atoms with E-state index in [9.17, 15) is 14.0 Å². The highest BCUT2D eigenvalue weighted by atomic mass is 19.1. The van der Waals surface area contributed by atoms with Gasteiger partial charge in [-0.2, -0.15) is 0 Å². The van der Waals surface area contributed by atoms with Crippen molar-refractivity contribution >= 4 is 16.9 Å². The second-order valence-electron chi connectivity index (χ2n) is 8.43. The van der Waals surface area contributed by atoms with E-state index in [1.54, 1.807) is 4.90 Å². The lowest BCUT2D eigenvalue weighted by atomic mass is 9.97. The number of halogens is 1. The van der Waals surface area contributed by atoms with Gasteiger partial charge in [-0.3, -0.25) is 14.5 Å². The predicted molar refractivity (Wildman–Crippen MR) is 118 cm³/mol. The van der Waals surface area contributed by atoms with E-state index in [2.05, 4.69) is 4.90 Å². The summed E-state index contributed by atoms with van der Waals surface area (Å²) >= 11 is 0. The van der Waals surface area contributed by atoms with Crippen LogP contribution in [-0.4, -0.2) is 55.1 Å². The van der Waals surface area contributed by atoms with Gasteiger partial charge in [0.25, 0.3) is 5.91 Å². The number of nitrogens with zero attached hydrogens (tertiary/aromatic N) is 2. The van der Waals surface area contributed by atoms with Gasteiger partial charge in [0.2, 0.25) is 5.76 Å². The van der Waals surface area contributed by atoms with Gasteiger partial charge in [0, 0.05) is 26.2 Å². The maximum Gasteiger partial charge on any atom is 0.290 e. The SMILES string of the molecule is Cc1ccc([C@@H]2c3c(oc4ccc(F)cc4c3=O)C(=O)N2CCCN2CCOCC2)cc1. The van der Waals surface area contributed by atoms with E-state index in [4.69, 9.17) is 9.15 Å². The Balaban J connectivity index is 1.53. The zero-order valence-corrected chi connectivity index (χ0v) is 18.0. The Kier molecular flexibility index (Phi) is 5.53. The first-order valence-corrected chi connectivity index (χ1v) is 11.0. The second-order valence-corrected chi connectivity index (χ2v) is 8.43. The Morgan fingerprint density at radius 1 is 1.03 bits per heavy atom. The third-order valence-corrected chi connectivity index (χ3v) is 6.30. The predicted octanol–water partition coefficient (Wildman–Crippen LogP) is 3.51. The fraction of sp³-hybridized carbons (Fsp3) is 0.360. The maximum absolute atomic E-state index is 13.9. The van der Waals surface area contributed by atoms with Gasteiger partial charge in [0.1, 0.15) is 11.4 Å². The van der Waals surface area contributed by atoms with Gasteiger partial charge < -0.3 is 14.1 Å². The Labute approximate surface area is 185 Å². The zero-order valence-electron chi connectivity index (χ0n) is 18.0. The minimum absolute atomic E-state index is 0.0612. The van der Waals surface area contributed by atoms with E-state index in [0.29, 0.717) is 12.1 Å². The second kappa shape index (κ2) is 8.48. The number of hydrogen-bond donors (Lipinski definition) is 0. The number of morpholine rings is 1. The van der Waals surface area contributed by atoms with Crippen LogP contribution in [0.15, 0.2) is 51.7 Å². The number of amides is 1. The molecule has 0 unspecified atom stereocenters. The topological polar surface area (TPSA) is 63.0 Å². The van der Waals surface area contributed by atoms with Crippen molar-refractivity contribution in [2.45, 2.75) is 19.4 Å². The standard InChI is InChI=1S/C25H25FN2O4/c1-16-3-5-17(6-4-16)22-21-23(29)19-15-18(26)7-8-20(19)32-24(21)25(30)28(22)10-2-9-27-11-13-31-14-12-27/h3-8,15,22H,2,9-14H2,1H3/t22-/m1/s1. The normalized spacial score (nSPS) is 19.0. The molecule has 2 aliphatic rings. The van der Waals surface area contributed by atoms with E-state index in [0.717, 1.165) is 50.4 Å². The summed E-state index contributed by atoms with van der Waals surface area (Å²) in [6, 6.07) is 11.1. The van der Waals surface area contributed by atoms with Gasteiger partial charge in [-0.05, 0) is 37.1 Å². The number of benzene rings is 2. The Bertz CT molecular complexity index is 1220. The lowest BCUT2D eigenvalue weighted by Gasteiger charge is -2.29. The first-order valence-electron chi connectivity index (χ1n) is 11.0. The lowest BCUT2D eigenvalue weighted by molar-refractivity contribution is 0.0353. The van der Waals surface area contributed by atoms with Gasteiger partial charge in [-0.15, -0.1) is 0 Å². The van der Waals surface area contributed by atoms with E-state index >= 15 is 0 Å². The summed E-state index contributed by atoms with van der Waals surface area (Å²) < 4.78 is 25.1. The number of carbonyl (C=O) groups excluding carboxylic acids is 1. The van der Waals surface area contributed by atoms with Crippen molar-refractivity contribution in [1.82, 2.24) is 9.80 Å². The maximum atomic E-state index is 13.9. The number of hydrogen-bond acceptors (Lipinski definition) is 5. The van der Waals surface area contributed by atoms with Crippen molar-refractivity contribution in [3.63, 3.8) is 0 Å². The van der Waals surface area contributed by atoms with Crippen LogP contribution in [-0.2, 0) is 4.74 Å². The number of aryl methyl sites for hydroxylation is 1. The van der Waals surface area contributed by atoms with Crippen molar-refractivity contribution < 1.29 is 18.3 Å². The number of rotatable bonds is 5. The highest BCUT2D eigenvalue weighted by Gasteiger charge is 2.42. The molecule has 1 saturated heterocycles. The summed E-state index contributed by atoms with van der Waals surface area (Å²) in [5.41, 5.74) is 2.10. The first kappa shape index (κ1) is 20.8. The molecule has 0 bridgehead atoms.